The lowest BCUT2D eigenvalue weighted by atomic mass is 10.2. The van der Waals surface area contributed by atoms with Crippen LogP contribution in [0.1, 0.15) is 5.56 Å². The molecule has 0 amide bonds. The molecule has 15 heavy (non-hydrogen) atoms. The third-order valence-electron chi connectivity index (χ3n) is 2.00. The summed E-state index contributed by atoms with van der Waals surface area (Å²) in [5.41, 5.74) is 1.09. The summed E-state index contributed by atoms with van der Waals surface area (Å²) in [5, 5.41) is 9.38. The zero-order valence-electron chi connectivity index (χ0n) is 8.56. The summed E-state index contributed by atoms with van der Waals surface area (Å²) in [6.07, 6.45) is 3.50. The van der Waals surface area contributed by atoms with Crippen LogP contribution in [0.15, 0.2) is 31.0 Å². The van der Waals surface area contributed by atoms with Crippen LogP contribution in [-0.4, -0.2) is 34.7 Å². The van der Waals surface area contributed by atoms with Gasteiger partial charge < -0.3 is 5.11 Å². The highest BCUT2D eigenvalue weighted by atomic mass is 35.5. The first-order chi connectivity index (χ1) is 7.26. The van der Waals surface area contributed by atoms with Crippen molar-refractivity contribution >= 4 is 11.6 Å². The van der Waals surface area contributed by atoms with Gasteiger partial charge in [-0.25, -0.2) is 4.98 Å². The minimum absolute atomic E-state index is 0.145. The summed E-state index contributed by atoms with van der Waals surface area (Å²) in [7, 11) is 0. The maximum atomic E-state index is 8.88. The van der Waals surface area contributed by atoms with E-state index < -0.39 is 0 Å². The lowest BCUT2D eigenvalue weighted by Crippen LogP contribution is -2.26. The molecule has 0 radical (unpaired) electrons. The Morgan fingerprint density at radius 3 is 3.00 bits per heavy atom. The van der Waals surface area contributed by atoms with Gasteiger partial charge in [0.15, 0.2) is 0 Å². The van der Waals surface area contributed by atoms with Crippen molar-refractivity contribution in [3.63, 3.8) is 0 Å². The Balaban J connectivity index is 2.60. The molecule has 4 heteroatoms. The van der Waals surface area contributed by atoms with Gasteiger partial charge in [0.2, 0.25) is 0 Å². The Hall–Kier alpha value is -0.900. The number of nitrogens with zero attached hydrogens (tertiary/aromatic N) is 2. The standard InChI is InChI=1S/C11H15ClN2O/c1-2-5-14(6-7-15)9-10-3-4-13-11(12)8-10/h2-4,8,15H,1,5-7,9H2. The molecule has 1 N–H and O–H groups in total. The van der Waals surface area contributed by atoms with E-state index in [1.54, 1.807) is 6.20 Å². The summed E-state index contributed by atoms with van der Waals surface area (Å²) >= 11 is 5.78. The molecule has 1 rings (SSSR count). The van der Waals surface area contributed by atoms with Crippen LogP contribution in [0, 0.1) is 0 Å². The van der Waals surface area contributed by atoms with E-state index in [-0.39, 0.29) is 6.61 Å². The van der Waals surface area contributed by atoms with Crippen molar-refractivity contribution in [1.29, 1.82) is 0 Å². The fraction of sp³-hybridized carbons (Fsp3) is 0.364. The van der Waals surface area contributed by atoms with Crippen molar-refractivity contribution in [2.45, 2.75) is 6.54 Å². The molecule has 0 fully saturated rings. The number of hydrogen-bond acceptors (Lipinski definition) is 3. The van der Waals surface area contributed by atoms with Crippen molar-refractivity contribution in [2.24, 2.45) is 0 Å². The second-order valence-electron chi connectivity index (χ2n) is 3.23. The van der Waals surface area contributed by atoms with Crippen LogP contribution < -0.4 is 0 Å². The second-order valence-corrected chi connectivity index (χ2v) is 3.62. The van der Waals surface area contributed by atoms with Gasteiger partial charge in [-0.1, -0.05) is 17.7 Å². The van der Waals surface area contributed by atoms with Crippen LogP contribution in [0.4, 0.5) is 0 Å². The fourth-order valence-corrected chi connectivity index (χ4v) is 1.55. The average Bonchev–Trinajstić information content (AvgIpc) is 2.18. The van der Waals surface area contributed by atoms with E-state index in [4.69, 9.17) is 16.7 Å². The largest absolute Gasteiger partial charge is 0.395 e. The zero-order valence-corrected chi connectivity index (χ0v) is 9.32. The van der Waals surface area contributed by atoms with Crippen molar-refractivity contribution in [1.82, 2.24) is 9.88 Å². The van der Waals surface area contributed by atoms with Gasteiger partial charge in [0.05, 0.1) is 6.61 Å². The van der Waals surface area contributed by atoms with Crippen molar-refractivity contribution < 1.29 is 5.11 Å². The Bertz CT molecular complexity index is 317. The van der Waals surface area contributed by atoms with Crippen LogP contribution in [0.5, 0.6) is 0 Å². The molecule has 3 nitrogen and oxygen atoms in total. The molecule has 1 aromatic rings. The van der Waals surface area contributed by atoms with Gasteiger partial charge in [-0.3, -0.25) is 4.90 Å². The smallest absolute Gasteiger partial charge is 0.129 e. The quantitative estimate of drug-likeness (QED) is 0.593. The predicted octanol–water partition coefficient (Wildman–Crippen LogP) is 1.72. The monoisotopic (exact) mass is 226 g/mol. The Morgan fingerprint density at radius 1 is 1.60 bits per heavy atom. The first-order valence-electron chi connectivity index (χ1n) is 4.81. The first-order valence-corrected chi connectivity index (χ1v) is 5.18. The van der Waals surface area contributed by atoms with Gasteiger partial charge >= 0.3 is 0 Å². The van der Waals surface area contributed by atoms with Crippen LogP contribution in [-0.2, 0) is 6.54 Å². The predicted molar refractivity (Wildman–Crippen MR) is 61.8 cm³/mol. The highest BCUT2D eigenvalue weighted by molar-refractivity contribution is 6.29. The van der Waals surface area contributed by atoms with E-state index in [1.807, 2.05) is 18.2 Å². The van der Waals surface area contributed by atoms with E-state index in [9.17, 15) is 0 Å². The number of hydrogen-bond donors (Lipinski definition) is 1. The lowest BCUT2D eigenvalue weighted by Gasteiger charge is -2.19. The van der Waals surface area contributed by atoms with Crippen molar-refractivity contribution in [3.05, 3.63) is 41.7 Å². The van der Waals surface area contributed by atoms with E-state index in [1.165, 1.54) is 0 Å². The Morgan fingerprint density at radius 2 is 2.40 bits per heavy atom. The summed E-state index contributed by atoms with van der Waals surface area (Å²) < 4.78 is 0. The van der Waals surface area contributed by atoms with Gasteiger partial charge in [0.1, 0.15) is 5.15 Å². The Kier molecular flexibility index (Phi) is 5.32. The minimum atomic E-state index is 0.145. The number of pyridine rings is 1. The van der Waals surface area contributed by atoms with Gasteiger partial charge in [-0.15, -0.1) is 6.58 Å². The molecule has 1 heterocycles. The summed E-state index contributed by atoms with van der Waals surface area (Å²) in [6.45, 7) is 5.95. The molecule has 0 aliphatic heterocycles. The highest BCUT2D eigenvalue weighted by Crippen LogP contribution is 2.09. The molecule has 0 aromatic carbocycles. The van der Waals surface area contributed by atoms with Crippen LogP contribution in [0.25, 0.3) is 0 Å². The van der Waals surface area contributed by atoms with Crippen LogP contribution in [0.2, 0.25) is 5.15 Å². The number of aliphatic hydroxyl groups excluding tert-OH is 1. The van der Waals surface area contributed by atoms with Gasteiger partial charge in [0, 0.05) is 25.8 Å². The molecule has 0 saturated heterocycles. The normalized spacial score (nSPS) is 10.6. The average molecular weight is 227 g/mol. The number of halogens is 1. The molecule has 0 bridgehead atoms. The summed E-state index contributed by atoms with van der Waals surface area (Å²) in [5.74, 6) is 0. The van der Waals surface area contributed by atoms with Crippen LogP contribution in [0.3, 0.4) is 0 Å². The van der Waals surface area contributed by atoms with Gasteiger partial charge in [0.25, 0.3) is 0 Å². The van der Waals surface area contributed by atoms with Crippen molar-refractivity contribution in [2.75, 3.05) is 19.7 Å². The molecule has 0 saturated carbocycles. The third-order valence-corrected chi connectivity index (χ3v) is 2.21. The van der Waals surface area contributed by atoms with Gasteiger partial charge in [-0.2, -0.15) is 0 Å². The third kappa shape index (κ3) is 4.42. The van der Waals surface area contributed by atoms with Crippen LogP contribution >= 0.6 is 11.6 Å². The maximum Gasteiger partial charge on any atom is 0.129 e. The number of rotatable bonds is 6. The molecule has 1 aromatic heterocycles. The number of aliphatic hydroxyl groups is 1. The SMILES string of the molecule is C=CCN(CCO)Cc1ccnc(Cl)c1. The molecular formula is C11H15ClN2O. The minimum Gasteiger partial charge on any atom is -0.395 e. The molecule has 82 valence electrons. The van der Waals surface area contributed by atoms with E-state index in [2.05, 4.69) is 16.5 Å². The lowest BCUT2D eigenvalue weighted by molar-refractivity contribution is 0.203. The molecule has 0 atom stereocenters. The summed E-state index contributed by atoms with van der Waals surface area (Å²) in [6, 6.07) is 3.74. The van der Waals surface area contributed by atoms with Crippen molar-refractivity contribution in [3.8, 4) is 0 Å². The second kappa shape index (κ2) is 6.56. The zero-order chi connectivity index (χ0) is 11.1. The van der Waals surface area contributed by atoms with Gasteiger partial charge in [-0.05, 0) is 17.7 Å². The molecular weight excluding hydrogens is 212 g/mol. The van der Waals surface area contributed by atoms with E-state index >= 15 is 0 Å². The first kappa shape index (κ1) is 12.2. The maximum absolute atomic E-state index is 8.88. The molecule has 0 aliphatic rings. The summed E-state index contributed by atoms with van der Waals surface area (Å²) in [4.78, 5) is 6.00. The molecule has 0 unspecified atom stereocenters. The highest BCUT2D eigenvalue weighted by Gasteiger charge is 2.03. The molecule has 0 aliphatic carbocycles. The molecule has 0 spiro atoms. The van der Waals surface area contributed by atoms with E-state index in [0.29, 0.717) is 11.7 Å². The van der Waals surface area contributed by atoms with E-state index in [0.717, 1.165) is 18.7 Å². The topological polar surface area (TPSA) is 36.4 Å². The fourth-order valence-electron chi connectivity index (χ4n) is 1.36. The Labute approximate surface area is 95.0 Å². The number of aromatic nitrogens is 1.